The monoisotopic (exact) mass is 327 g/mol. The highest BCUT2D eigenvalue weighted by Crippen LogP contribution is 2.24. The Kier molecular flexibility index (Phi) is 4.14. The summed E-state index contributed by atoms with van der Waals surface area (Å²) in [4.78, 5) is 23.6. The number of H-pyrrole nitrogens is 1. The third kappa shape index (κ3) is 3.16. The second kappa shape index (κ2) is 6.42. The van der Waals surface area contributed by atoms with Gasteiger partial charge in [-0.15, -0.1) is 11.3 Å². The molecule has 0 aromatic carbocycles. The van der Waals surface area contributed by atoms with E-state index in [0.717, 1.165) is 53.9 Å². The molecule has 4 nitrogen and oxygen atoms in total. The lowest BCUT2D eigenvalue weighted by Gasteiger charge is -2.31. The van der Waals surface area contributed by atoms with Gasteiger partial charge in [-0.05, 0) is 36.6 Å². The zero-order valence-electron chi connectivity index (χ0n) is 13.1. The molecule has 23 heavy (non-hydrogen) atoms. The van der Waals surface area contributed by atoms with E-state index in [1.165, 1.54) is 19.3 Å². The van der Waals surface area contributed by atoms with Crippen molar-refractivity contribution in [1.29, 1.82) is 0 Å². The van der Waals surface area contributed by atoms with E-state index in [-0.39, 0.29) is 5.56 Å². The molecule has 1 aliphatic heterocycles. The molecular weight excluding hydrogens is 306 g/mol. The molecule has 1 N–H and O–H groups in total. The quantitative estimate of drug-likeness (QED) is 0.881. The van der Waals surface area contributed by atoms with Crippen LogP contribution in [-0.4, -0.2) is 28.0 Å². The number of nitrogens with zero attached hydrogens (tertiary/aromatic N) is 2. The number of thiophene rings is 1. The molecule has 1 aliphatic carbocycles. The molecule has 5 heteroatoms. The van der Waals surface area contributed by atoms with Gasteiger partial charge in [0.1, 0.15) is 0 Å². The molecule has 0 fully saturated rings. The lowest BCUT2D eigenvalue weighted by molar-refractivity contribution is 0.204. The molecule has 0 amide bonds. The van der Waals surface area contributed by atoms with Crippen molar-refractivity contribution in [3.63, 3.8) is 0 Å². The van der Waals surface area contributed by atoms with Gasteiger partial charge in [-0.2, -0.15) is 0 Å². The van der Waals surface area contributed by atoms with E-state index in [4.69, 9.17) is 4.98 Å². The van der Waals surface area contributed by atoms with Crippen LogP contribution < -0.4 is 5.56 Å². The number of allylic oxidation sites excluding steroid dienone is 2. The van der Waals surface area contributed by atoms with Crippen LogP contribution in [0.5, 0.6) is 0 Å². The van der Waals surface area contributed by atoms with Crippen LogP contribution in [0.25, 0.3) is 10.7 Å². The fraction of sp³-hybridized carbons (Fsp3) is 0.444. The summed E-state index contributed by atoms with van der Waals surface area (Å²) >= 11 is 1.61. The van der Waals surface area contributed by atoms with Gasteiger partial charge in [0.15, 0.2) is 5.82 Å². The van der Waals surface area contributed by atoms with E-state index in [9.17, 15) is 4.79 Å². The van der Waals surface area contributed by atoms with Crippen molar-refractivity contribution in [2.24, 2.45) is 5.92 Å². The molecule has 0 spiro atoms. The molecule has 120 valence electrons. The Hall–Kier alpha value is -1.72. The van der Waals surface area contributed by atoms with Gasteiger partial charge in [0.2, 0.25) is 0 Å². The van der Waals surface area contributed by atoms with Crippen LogP contribution in [0.1, 0.15) is 30.5 Å². The number of aromatic nitrogens is 2. The molecule has 0 radical (unpaired) electrons. The summed E-state index contributed by atoms with van der Waals surface area (Å²) in [5.41, 5.74) is 1.88. The number of rotatable bonds is 3. The normalized spacial score (nSPS) is 21.3. The Labute approximate surface area is 139 Å². The number of hydrogen-bond acceptors (Lipinski definition) is 4. The minimum Gasteiger partial charge on any atom is -0.306 e. The minimum atomic E-state index is 0.0339. The van der Waals surface area contributed by atoms with Gasteiger partial charge in [0.25, 0.3) is 5.56 Å². The van der Waals surface area contributed by atoms with Crippen molar-refractivity contribution in [3.8, 4) is 10.7 Å². The van der Waals surface area contributed by atoms with Crippen molar-refractivity contribution in [1.82, 2.24) is 14.9 Å². The number of aromatic amines is 1. The van der Waals surface area contributed by atoms with Crippen molar-refractivity contribution in [2.45, 2.75) is 32.2 Å². The maximum atomic E-state index is 12.5. The van der Waals surface area contributed by atoms with Gasteiger partial charge >= 0.3 is 0 Å². The summed E-state index contributed by atoms with van der Waals surface area (Å²) in [7, 11) is 0. The third-order valence-electron chi connectivity index (χ3n) is 4.80. The second-order valence-electron chi connectivity index (χ2n) is 6.45. The van der Waals surface area contributed by atoms with E-state index in [2.05, 4.69) is 22.0 Å². The average molecular weight is 327 g/mol. The Morgan fingerprint density at radius 1 is 1.39 bits per heavy atom. The van der Waals surface area contributed by atoms with Crippen LogP contribution in [0.2, 0.25) is 0 Å². The van der Waals surface area contributed by atoms with Gasteiger partial charge in [0.05, 0.1) is 16.1 Å². The van der Waals surface area contributed by atoms with Crippen LogP contribution in [0.4, 0.5) is 0 Å². The predicted octanol–water partition coefficient (Wildman–Crippen LogP) is 3.21. The maximum absolute atomic E-state index is 12.5. The Morgan fingerprint density at radius 2 is 2.35 bits per heavy atom. The summed E-state index contributed by atoms with van der Waals surface area (Å²) in [6.45, 7) is 2.84. The van der Waals surface area contributed by atoms with Gasteiger partial charge < -0.3 is 4.98 Å². The largest absolute Gasteiger partial charge is 0.306 e. The molecule has 2 aromatic heterocycles. The molecule has 1 unspecified atom stereocenters. The average Bonchev–Trinajstić information content (AvgIpc) is 3.11. The van der Waals surface area contributed by atoms with E-state index >= 15 is 0 Å². The molecule has 4 rings (SSSR count). The summed E-state index contributed by atoms with van der Waals surface area (Å²) in [5, 5.41) is 2.01. The van der Waals surface area contributed by atoms with Gasteiger partial charge in [-0.3, -0.25) is 9.69 Å². The Balaban J connectivity index is 1.53. The topological polar surface area (TPSA) is 49.0 Å². The highest BCUT2D eigenvalue weighted by Gasteiger charge is 2.23. The van der Waals surface area contributed by atoms with Crippen LogP contribution >= 0.6 is 11.3 Å². The SMILES string of the molecule is O=c1[nH]c(-c2cccs2)nc2c1CN(CC1CC=CCC1)CC2. The Bertz CT molecular complexity index is 763. The molecule has 2 aromatic rings. The molecule has 2 aliphatic rings. The summed E-state index contributed by atoms with van der Waals surface area (Å²) in [6.07, 6.45) is 9.10. The maximum Gasteiger partial charge on any atom is 0.255 e. The predicted molar refractivity (Wildman–Crippen MR) is 93.6 cm³/mol. The first-order valence-corrected chi connectivity index (χ1v) is 9.21. The van der Waals surface area contributed by atoms with Crippen molar-refractivity contribution < 1.29 is 0 Å². The highest BCUT2D eigenvalue weighted by molar-refractivity contribution is 7.13. The van der Waals surface area contributed by atoms with E-state index in [1.54, 1.807) is 11.3 Å². The van der Waals surface area contributed by atoms with Crippen molar-refractivity contribution in [3.05, 3.63) is 51.3 Å². The van der Waals surface area contributed by atoms with E-state index < -0.39 is 0 Å². The minimum absolute atomic E-state index is 0.0339. The summed E-state index contributed by atoms with van der Waals surface area (Å²) in [6, 6.07) is 3.99. The Morgan fingerprint density at radius 3 is 3.13 bits per heavy atom. The molecule has 0 saturated carbocycles. The molecular formula is C18H21N3OS. The van der Waals surface area contributed by atoms with Crippen LogP contribution in [0.15, 0.2) is 34.5 Å². The standard InChI is InChI=1S/C18H21N3OS/c22-18-14-12-21(11-13-5-2-1-3-6-13)9-8-15(14)19-17(20-18)16-7-4-10-23-16/h1-2,4,7,10,13H,3,5-6,8-9,11-12H2,(H,19,20,22). The molecule has 0 bridgehead atoms. The number of hydrogen-bond donors (Lipinski definition) is 1. The fourth-order valence-corrected chi connectivity index (χ4v) is 4.22. The molecule has 3 heterocycles. The number of nitrogens with one attached hydrogen (secondary N) is 1. The van der Waals surface area contributed by atoms with Crippen LogP contribution in [-0.2, 0) is 13.0 Å². The smallest absolute Gasteiger partial charge is 0.255 e. The summed E-state index contributed by atoms with van der Waals surface area (Å²) in [5.74, 6) is 1.45. The van der Waals surface area contributed by atoms with E-state index in [1.807, 2.05) is 17.5 Å². The zero-order valence-corrected chi connectivity index (χ0v) is 13.9. The van der Waals surface area contributed by atoms with Gasteiger partial charge in [0, 0.05) is 26.1 Å². The lowest BCUT2D eigenvalue weighted by Crippen LogP contribution is -2.38. The first-order chi connectivity index (χ1) is 11.3. The zero-order chi connectivity index (χ0) is 15.6. The van der Waals surface area contributed by atoms with Crippen molar-refractivity contribution in [2.75, 3.05) is 13.1 Å². The molecule has 1 atom stereocenters. The highest BCUT2D eigenvalue weighted by atomic mass is 32.1. The number of fused-ring (bicyclic) bond motifs is 1. The van der Waals surface area contributed by atoms with Crippen molar-refractivity contribution >= 4 is 11.3 Å². The van der Waals surface area contributed by atoms with Gasteiger partial charge in [-0.25, -0.2) is 4.98 Å². The molecule has 0 saturated heterocycles. The van der Waals surface area contributed by atoms with E-state index in [0.29, 0.717) is 0 Å². The van der Waals surface area contributed by atoms with Gasteiger partial charge in [-0.1, -0.05) is 18.2 Å². The fourth-order valence-electron chi connectivity index (χ4n) is 3.55. The van der Waals surface area contributed by atoms with Crippen LogP contribution in [0, 0.1) is 5.92 Å². The lowest BCUT2D eigenvalue weighted by atomic mass is 9.93. The first-order valence-electron chi connectivity index (χ1n) is 8.33. The van der Waals surface area contributed by atoms with Crippen LogP contribution in [0.3, 0.4) is 0 Å². The third-order valence-corrected chi connectivity index (χ3v) is 5.67. The first kappa shape index (κ1) is 14.8. The summed E-state index contributed by atoms with van der Waals surface area (Å²) < 4.78 is 0. The second-order valence-corrected chi connectivity index (χ2v) is 7.40.